The highest BCUT2D eigenvalue weighted by Gasteiger charge is 2.20. The van der Waals surface area contributed by atoms with Crippen molar-refractivity contribution in [2.75, 3.05) is 31.5 Å². The van der Waals surface area contributed by atoms with Crippen molar-refractivity contribution in [1.29, 1.82) is 0 Å². The first kappa shape index (κ1) is 22.3. The van der Waals surface area contributed by atoms with Gasteiger partial charge in [-0.2, -0.15) is 0 Å². The summed E-state index contributed by atoms with van der Waals surface area (Å²) in [4.78, 5) is 33.4. The molecular formula is C27H26N4O2S. The fourth-order valence-electron chi connectivity index (χ4n) is 4.37. The summed E-state index contributed by atoms with van der Waals surface area (Å²) in [6.45, 7) is 5.44. The maximum absolute atomic E-state index is 13.1. The summed E-state index contributed by atoms with van der Waals surface area (Å²) in [6.07, 6.45) is 0. The number of nitrogens with zero attached hydrogens (tertiary/aromatic N) is 3. The average molecular weight is 471 g/mol. The van der Waals surface area contributed by atoms with Crippen molar-refractivity contribution in [1.82, 2.24) is 14.8 Å². The highest BCUT2D eigenvalue weighted by atomic mass is 32.1. The molecule has 2 amide bonds. The molecule has 0 aliphatic carbocycles. The van der Waals surface area contributed by atoms with Crippen LogP contribution in [0, 0.1) is 0 Å². The minimum atomic E-state index is -0.142. The van der Waals surface area contributed by atoms with E-state index in [1.165, 1.54) is 0 Å². The van der Waals surface area contributed by atoms with Gasteiger partial charge in [-0.05, 0) is 47.0 Å². The van der Waals surface area contributed by atoms with Crippen LogP contribution in [0.4, 0.5) is 5.69 Å². The number of thiazole rings is 1. The number of amides is 2. The average Bonchev–Trinajstić information content (AvgIpc) is 3.33. The molecule has 1 aliphatic rings. The molecule has 1 aromatic heterocycles. The second kappa shape index (κ2) is 9.75. The first-order valence-electron chi connectivity index (χ1n) is 11.4. The Hall–Kier alpha value is -3.55. The van der Waals surface area contributed by atoms with Crippen molar-refractivity contribution in [3.8, 4) is 11.1 Å². The summed E-state index contributed by atoms with van der Waals surface area (Å²) >= 11 is 1.58. The smallest absolute Gasteiger partial charge is 0.255 e. The van der Waals surface area contributed by atoms with Crippen molar-refractivity contribution >= 4 is 39.1 Å². The molecule has 34 heavy (non-hydrogen) atoms. The van der Waals surface area contributed by atoms with Crippen LogP contribution in [-0.2, 0) is 11.3 Å². The van der Waals surface area contributed by atoms with Crippen LogP contribution in [-0.4, -0.2) is 52.8 Å². The molecule has 3 aromatic carbocycles. The zero-order chi connectivity index (χ0) is 23.5. The van der Waals surface area contributed by atoms with E-state index in [0.29, 0.717) is 5.56 Å². The fourth-order valence-corrected chi connectivity index (χ4v) is 5.02. The van der Waals surface area contributed by atoms with Gasteiger partial charge in [-0.3, -0.25) is 14.5 Å². The molecule has 6 nitrogen and oxygen atoms in total. The van der Waals surface area contributed by atoms with Gasteiger partial charge in [0.25, 0.3) is 5.91 Å². The predicted octanol–water partition coefficient (Wildman–Crippen LogP) is 4.88. The van der Waals surface area contributed by atoms with Gasteiger partial charge in [0, 0.05) is 50.9 Å². The lowest BCUT2D eigenvalue weighted by Crippen LogP contribution is -2.47. The van der Waals surface area contributed by atoms with E-state index in [1.54, 1.807) is 23.8 Å². The van der Waals surface area contributed by atoms with Crippen LogP contribution in [0.1, 0.15) is 22.8 Å². The van der Waals surface area contributed by atoms with Crippen molar-refractivity contribution < 1.29 is 9.59 Å². The summed E-state index contributed by atoms with van der Waals surface area (Å²) in [6, 6.07) is 22.0. The molecule has 1 fully saturated rings. The molecule has 7 heteroatoms. The van der Waals surface area contributed by atoms with Gasteiger partial charge in [0.05, 0.1) is 15.7 Å². The number of benzene rings is 3. The number of hydrogen-bond acceptors (Lipinski definition) is 5. The van der Waals surface area contributed by atoms with Crippen molar-refractivity contribution in [2.45, 2.75) is 13.5 Å². The van der Waals surface area contributed by atoms with E-state index in [2.05, 4.69) is 27.3 Å². The zero-order valence-electron chi connectivity index (χ0n) is 19.0. The first-order valence-corrected chi connectivity index (χ1v) is 12.3. The lowest BCUT2D eigenvalue weighted by molar-refractivity contribution is -0.130. The van der Waals surface area contributed by atoms with E-state index in [9.17, 15) is 9.59 Å². The largest absolute Gasteiger partial charge is 0.340 e. The summed E-state index contributed by atoms with van der Waals surface area (Å²) in [5, 5.41) is 3.02. The topological polar surface area (TPSA) is 65.5 Å². The molecule has 1 aliphatic heterocycles. The van der Waals surface area contributed by atoms with E-state index in [0.717, 1.165) is 65.3 Å². The molecular weight excluding hydrogens is 444 g/mol. The Morgan fingerprint density at radius 2 is 1.76 bits per heavy atom. The molecule has 4 aromatic rings. The zero-order valence-corrected chi connectivity index (χ0v) is 19.8. The van der Waals surface area contributed by atoms with E-state index >= 15 is 0 Å². The van der Waals surface area contributed by atoms with Crippen molar-refractivity contribution in [3.05, 3.63) is 83.4 Å². The van der Waals surface area contributed by atoms with E-state index < -0.39 is 0 Å². The molecule has 0 spiro atoms. The first-order chi connectivity index (χ1) is 16.6. The van der Waals surface area contributed by atoms with E-state index in [-0.39, 0.29) is 11.8 Å². The Kier molecular flexibility index (Phi) is 6.38. The third-order valence-corrected chi connectivity index (χ3v) is 7.06. The van der Waals surface area contributed by atoms with Gasteiger partial charge in [0.1, 0.15) is 0 Å². The normalized spacial score (nSPS) is 14.3. The van der Waals surface area contributed by atoms with Gasteiger partial charge >= 0.3 is 0 Å². The quantitative estimate of drug-likeness (QED) is 0.452. The predicted molar refractivity (Wildman–Crippen MR) is 137 cm³/mol. The maximum atomic E-state index is 13.1. The van der Waals surface area contributed by atoms with E-state index in [1.807, 2.05) is 59.5 Å². The summed E-state index contributed by atoms with van der Waals surface area (Å²) in [7, 11) is 0. The third-order valence-electron chi connectivity index (χ3n) is 6.25. The van der Waals surface area contributed by atoms with Crippen LogP contribution in [0.2, 0.25) is 0 Å². The van der Waals surface area contributed by atoms with Gasteiger partial charge in [0.2, 0.25) is 5.91 Å². The van der Waals surface area contributed by atoms with Crippen LogP contribution in [0.3, 0.4) is 0 Å². The van der Waals surface area contributed by atoms with Crippen LogP contribution in [0.15, 0.2) is 72.2 Å². The Bertz CT molecular complexity index is 1330. The Labute approximate surface area is 202 Å². The molecule has 172 valence electrons. The molecule has 2 heterocycles. The lowest BCUT2D eigenvalue weighted by Gasteiger charge is -2.34. The van der Waals surface area contributed by atoms with Crippen LogP contribution in [0.5, 0.6) is 0 Å². The van der Waals surface area contributed by atoms with Gasteiger partial charge in [0.15, 0.2) is 0 Å². The van der Waals surface area contributed by atoms with Crippen molar-refractivity contribution in [2.24, 2.45) is 0 Å². The lowest BCUT2D eigenvalue weighted by atomic mass is 9.96. The molecule has 0 saturated carbocycles. The van der Waals surface area contributed by atoms with Crippen LogP contribution < -0.4 is 5.32 Å². The van der Waals surface area contributed by atoms with Crippen molar-refractivity contribution in [3.63, 3.8) is 0 Å². The number of carbonyl (C=O) groups excluding carboxylic acids is 2. The fraction of sp³-hybridized carbons (Fsp3) is 0.222. The third kappa shape index (κ3) is 4.85. The Morgan fingerprint density at radius 1 is 0.971 bits per heavy atom. The van der Waals surface area contributed by atoms with Crippen LogP contribution in [0.25, 0.3) is 21.3 Å². The number of hydrogen-bond donors (Lipinski definition) is 1. The summed E-state index contributed by atoms with van der Waals surface area (Å²) in [5.41, 5.74) is 7.39. The number of rotatable bonds is 5. The molecule has 5 rings (SSSR count). The monoisotopic (exact) mass is 470 g/mol. The SMILES string of the molecule is CC(=O)N1CCN(Cc2cc(C(=O)Nc3ccc4scnc4c3)ccc2-c2ccccc2)CC1. The molecule has 0 unspecified atom stereocenters. The summed E-state index contributed by atoms with van der Waals surface area (Å²) < 4.78 is 1.09. The highest BCUT2D eigenvalue weighted by molar-refractivity contribution is 7.16. The number of piperazine rings is 1. The minimum absolute atomic E-state index is 0.124. The molecule has 0 radical (unpaired) electrons. The molecule has 0 atom stereocenters. The number of aromatic nitrogens is 1. The molecule has 1 saturated heterocycles. The Balaban J connectivity index is 1.39. The number of carbonyl (C=O) groups is 2. The highest BCUT2D eigenvalue weighted by Crippen LogP contribution is 2.27. The van der Waals surface area contributed by atoms with Gasteiger partial charge < -0.3 is 10.2 Å². The van der Waals surface area contributed by atoms with Gasteiger partial charge in [-0.25, -0.2) is 4.98 Å². The number of fused-ring (bicyclic) bond motifs is 1. The number of nitrogens with one attached hydrogen (secondary N) is 1. The number of anilines is 1. The van der Waals surface area contributed by atoms with E-state index in [4.69, 9.17) is 0 Å². The molecule has 0 bridgehead atoms. The maximum Gasteiger partial charge on any atom is 0.255 e. The second-order valence-electron chi connectivity index (χ2n) is 8.51. The van der Waals surface area contributed by atoms with Gasteiger partial charge in [-0.1, -0.05) is 36.4 Å². The van der Waals surface area contributed by atoms with Crippen LogP contribution >= 0.6 is 11.3 Å². The molecule has 1 N–H and O–H groups in total. The standard InChI is InChI=1S/C27H26N4O2S/c1-19(32)31-13-11-30(12-14-31)17-22-15-21(7-9-24(22)20-5-3-2-4-6-20)27(33)29-23-8-10-26-25(16-23)28-18-34-26/h2-10,15-16,18H,11-14,17H2,1H3,(H,29,33). The second-order valence-corrected chi connectivity index (χ2v) is 9.40. The summed E-state index contributed by atoms with van der Waals surface area (Å²) in [5.74, 6) is -0.0176. The Morgan fingerprint density at radius 3 is 2.53 bits per heavy atom. The van der Waals surface area contributed by atoms with Gasteiger partial charge in [-0.15, -0.1) is 11.3 Å². The minimum Gasteiger partial charge on any atom is -0.340 e.